The van der Waals surface area contributed by atoms with Crippen molar-refractivity contribution in [3.05, 3.63) is 35.9 Å². The minimum atomic E-state index is -2.00. The van der Waals surface area contributed by atoms with Gasteiger partial charge in [-0.05, 0) is 23.7 Å². The van der Waals surface area contributed by atoms with Gasteiger partial charge in [-0.3, -0.25) is 4.79 Å². The first kappa shape index (κ1) is 19.7. The molecular weight excluding hydrogens is 344 g/mol. The van der Waals surface area contributed by atoms with Crippen LogP contribution in [0.3, 0.4) is 0 Å². The number of carbonyl (C=O) groups is 1. The smallest absolute Gasteiger partial charge is 0.192 e. The first-order chi connectivity index (χ1) is 12.1. The van der Waals surface area contributed by atoms with E-state index in [0.717, 1.165) is 12.0 Å². The number of carbonyl (C=O) groups excluding carboxylic acids is 1. The Hall–Kier alpha value is -1.01. The molecule has 0 N–H and O–H groups in total. The van der Waals surface area contributed by atoms with Gasteiger partial charge in [0.1, 0.15) is 0 Å². The van der Waals surface area contributed by atoms with Crippen molar-refractivity contribution >= 4 is 14.1 Å². The maximum Gasteiger partial charge on any atom is 0.192 e. The number of fused-ring (bicyclic) bond motifs is 2. The number of Topliss-reactive ketones (excluding diaryl/α,β-unsaturated/α-hetero) is 1. The topological polar surface area (TPSA) is 44.8 Å². The van der Waals surface area contributed by atoms with E-state index in [1.54, 1.807) is 0 Å². The van der Waals surface area contributed by atoms with Crippen LogP contribution in [0.4, 0.5) is 0 Å². The monoisotopic (exact) mass is 376 g/mol. The first-order valence-electron chi connectivity index (χ1n) is 9.58. The zero-order chi connectivity index (χ0) is 19.2. The fourth-order valence-electron chi connectivity index (χ4n) is 3.64. The minimum absolute atomic E-state index is 0.0439. The average Bonchev–Trinajstić information content (AvgIpc) is 3.02. The zero-order valence-corrected chi connectivity index (χ0v) is 17.9. The Bertz CT molecular complexity index is 652. The summed E-state index contributed by atoms with van der Waals surface area (Å²) < 4.78 is 18.8. The molecule has 0 spiro atoms. The van der Waals surface area contributed by atoms with E-state index in [1.807, 2.05) is 37.3 Å². The fourth-order valence-corrected chi connectivity index (χ4v) is 4.99. The summed E-state index contributed by atoms with van der Waals surface area (Å²) in [6.45, 7) is 13.8. The summed E-state index contributed by atoms with van der Waals surface area (Å²) in [7, 11) is -2.00. The van der Waals surface area contributed by atoms with Gasteiger partial charge in [0.25, 0.3) is 0 Å². The third kappa shape index (κ3) is 3.42. The highest BCUT2D eigenvalue weighted by Gasteiger charge is 2.65. The second-order valence-corrected chi connectivity index (χ2v) is 14.0. The maximum atomic E-state index is 13.0. The van der Waals surface area contributed by atoms with Crippen LogP contribution in [0.5, 0.6) is 0 Å². The Balaban J connectivity index is 1.74. The van der Waals surface area contributed by atoms with Gasteiger partial charge in [-0.2, -0.15) is 0 Å². The van der Waals surface area contributed by atoms with Crippen LogP contribution in [-0.4, -0.2) is 38.5 Å². The van der Waals surface area contributed by atoms with Crippen molar-refractivity contribution < 1.29 is 18.7 Å². The number of benzene rings is 1. The molecule has 0 aromatic heterocycles. The molecule has 4 nitrogen and oxygen atoms in total. The number of hydrogen-bond acceptors (Lipinski definition) is 4. The number of ether oxygens (including phenoxy) is 2. The summed E-state index contributed by atoms with van der Waals surface area (Å²) >= 11 is 0. The third-order valence-corrected chi connectivity index (χ3v) is 10.9. The Morgan fingerprint density at radius 3 is 2.46 bits per heavy atom. The highest BCUT2D eigenvalue weighted by atomic mass is 28.4. The first-order valence-corrected chi connectivity index (χ1v) is 12.5. The van der Waals surface area contributed by atoms with Gasteiger partial charge < -0.3 is 13.9 Å². The lowest BCUT2D eigenvalue weighted by atomic mass is 9.79. The number of ketones is 1. The van der Waals surface area contributed by atoms with Crippen molar-refractivity contribution in [1.29, 1.82) is 0 Å². The molecule has 0 aliphatic carbocycles. The molecule has 0 unspecified atom stereocenters. The van der Waals surface area contributed by atoms with Crippen molar-refractivity contribution in [3.63, 3.8) is 0 Å². The molecule has 3 rings (SSSR count). The summed E-state index contributed by atoms with van der Waals surface area (Å²) in [4.78, 5) is 13.0. The summed E-state index contributed by atoms with van der Waals surface area (Å²) in [5.74, 6) is 0.0695. The van der Waals surface area contributed by atoms with E-state index in [0.29, 0.717) is 6.61 Å². The quantitative estimate of drug-likeness (QED) is 0.693. The molecule has 0 saturated carbocycles. The Kier molecular flexibility index (Phi) is 5.21. The Labute approximate surface area is 158 Å². The molecule has 2 aliphatic heterocycles. The molecule has 0 radical (unpaired) electrons. The molecule has 2 heterocycles. The van der Waals surface area contributed by atoms with E-state index >= 15 is 0 Å². The van der Waals surface area contributed by atoms with Crippen LogP contribution in [-0.2, 0) is 25.3 Å². The minimum Gasteiger partial charge on any atom is -0.410 e. The highest BCUT2D eigenvalue weighted by Crippen LogP contribution is 2.49. The largest absolute Gasteiger partial charge is 0.410 e. The van der Waals surface area contributed by atoms with E-state index in [2.05, 4.69) is 33.9 Å². The molecule has 1 aromatic rings. The predicted molar refractivity (Wildman–Crippen MR) is 105 cm³/mol. The van der Waals surface area contributed by atoms with Gasteiger partial charge in [0, 0.05) is 12.3 Å². The second-order valence-electron chi connectivity index (χ2n) is 9.28. The lowest BCUT2D eigenvalue weighted by molar-refractivity contribution is -0.148. The van der Waals surface area contributed by atoms with Gasteiger partial charge >= 0.3 is 0 Å². The molecule has 2 saturated heterocycles. The van der Waals surface area contributed by atoms with Crippen LogP contribution in [0.1, 0.15) is 39.7 Å². The Morgan fingerprint density at radius 1 is 1.23 bits per heavy atom. The van der Waals surface area contributed by atoms with E-state index < -0.39 is 13.9 Å². The molecule has 26 heavy (non-hydrogen) atoms. The van der Waals surface area contributed by atoms with Crippen molar-refractivity contribution in [2.24, 2.45) is 5.92 Å². The van der Waals surface area contributed by atoms with Crippen LogP contribution in [0.25, 0.3) is 0 Å². The van der Waals surface area contributed by atoms with Crippen molar-refractivity contribution in [3.8, 4) is 0 Å². The molecule has 2 bridgehead atoms. The maximum absolute atomic E-state index is 13.0. The van der Waals surface area contributed by atoms with Gasteiger partial charge in [0.15, 0.2) is 19.7 Å². The van der Waals surface area contributed by atoms with Crippen molar-refractivity contribution in [2.75, 3.05) is 6.61 Å². The molecule has 144 valence electrons. The van der Waals surface area contributed by atoms with E-state index in [1.165, 1.54) is 0 Å². The second kappa shape index (κ2) is 6.86. The molecular formula is C21H32O4Si. The van der Waals surface area contributed by atoms with Gasteiger partial charge in [-0.15, -0.1) is 0 Å². The van der Waals surface area contributed by atoms with Gasteiger partial charge in [-0.1, -0.05) is 58.0 Å². The van der Waals surface area contributed by atoms with E-state index in [-0.39, 0.29) is 35.6 Å². The summed E-state index contributed by atoms with van der Waals surface area (Å²) in [6, 6.07) is 10.0. The summed E-state index contributed by atoms with van der Waals surface area (Å²) in [5, 5.41) is 0.0928. The van der Waals surface area contributed by atoms with Gasteiger partial charge in [0.05, 0.1) is 25.4 Å². The predicted octanol–water partition coefficient (Wildman–Crippen LogP) is 4.34. The average molecular weight is 377 g/mol. The van der Waals surface area contributed by atoms with Crippen LogP contribution in [0.15, 0.2) is 30.3 Å². The van der Waals surface area contributed by atoms with Gasteiger partial charge in [0.2, 0.25) is 0 Å². The van der Waals surface area contributed by atoms with E-state index in [9.17, 15) is 4.79 Å². The molecule has 0 amide bonds. The van der Waals surface area contributed by atoms with Crippen molar-refractivity contribution in [1.82, 2.24) is 0 Å². The summed E-state index contributed by atoms with van der Waals surface area (Å²) in [5.41, 5.74) is 0.160. The lowest BCUT2D eigenvalue weighted by Crippen LogP contribution is -2.57. The molecule has 2 fully saturated rings. The zero-order valence-electron chi connectivity index (χ0n) is 16.9. The number of rotatable bonds is 6. The van der Waals surface area contributed by atoms with Crippen LogP contribution in [0.2, 0.25) is 18.1 Å². The molecule has 1 aromatic carbocycles. The number of hydrogen-bond donors (Lipinski definition) is 0. The van der Waals surface area contributed by atoms with Gasteiger partial charge in [-0.25, -0.2) is 0 Å². The highest BCUT2D eigenvalue weighted by molar-refractivity contribution is 6.74. The molecule has 4 atom stereocenters. The normalized spacial score (nSPS) is 31.6. The van der Waals surface area contributed by atoms with Crippen LogP contribution >= 0.6 is 0 Å². The standard InChI is InChI=1S/C21H32O4Si/c1-15-17-12-18(25-26(5,6)20(2,3)4)21(24-17,19(15)22)14-23-13-16-10-8-7-9-11-16/h7-11,15,17-18H,12-14H2,1-6H3/t15-,17-,18-,21-/m0/s1. The van der Waals surface area contributed by atoms with Crippen molar-refractivity contribution in [2.45, 2.75) is 76.7 Å². The van der Waals surface area contributed by atoms with E-state index in [4.69, 9.17) is 13.9 Å². The van der Waals surface area contributed by atoms with Crippen LogP contribution in [0, 0.1) is 5.92 Å². The third-order valence-electron chi connectivity index (χ3n) is 6.39. The molecule has 2 aliphatic rings. The van der Waals surface area contributed by atoms with Crippen LogP contribution < -0.4 is 0 Å². The molecule has 5 heteroatoms. The fraction of sp³-hybridized carbons (Fsp3) is 0.667. The lowest BCUT2D eigenvalue weighted by Gasteiger charge is -2.42. The Morgan fingerprint density at radius 2 is 1.88 bits per heavy atom. The SMILES string of the molecule is C[C@@H]1C(=O)[C@@]2(COCc3ccccc3)O[C@H]1C[C@@H]2O[Si](C)(C)C(C)(C)C. The summed E-state index contributed by atoms with van der Waals surface area (Å²) in [6.07, 6.45) is 0.541.